The zero-order valence-corrected chi connectivity index (χ0v) is 14.1. The quantitative estimate of drug-likeness (QED) is 0.850. The van der Waals surface area contributed by atoms with Crippen LogP contribution < -0.4 is 15.4 Å². The van der Waals surface area contributed by atoms with Gasteiger partial charge in [0.2, 0.25) is 0 Å². The molecule has 2 atom stereocenters. The second-order valence-corrected chi connectivity index (χ2v) is 6.54. The highest BCUT2D eigenvalue weighted by Gasteiger charge is 2.33. The molecule has 2 aliphatic heterocycles. The summed E-state index contributed by atoms with van der Waals surface area (Å²) in [5.41, 5.74) is 0. The van der Waals surface area contributed by atoms with E-state index in [-0.39, 0.29) is 24.9 Å². The zero-order chi connectivity index (χ0) is 13.9. The van der Waals surface area contributed by atoms with Gasteiger partial charge in [-0.2, -0.15) is 0 Å². The molecule has 0 saturated carbocycles. The number of piperidine rings is 1. The van der Waals surface area contributed by atoms with Gasteiger partial charge >= 0.3 is 0 Å². The van der Waals surface area contributed by atoms with Crippen molar-refractivity contribution >= 4 is 34.2 Å². The Kier molecular flexibility index (Phi) is 5.90. The Bertz CT molecular complexity index is 488. The van der Waals surface area contributed by atoms with E-state index in [1.807, 2.05) is 24.3 Å². The number of ether oxygens (including phenoxy) is 1. The molecule has 0 spiro atoms. The first-order valence-electron chi connectivity index (χ1n) is 7.13. The second kappa shape index (κ2) is 7.47. The van der Waals surface area contributed by atoms with E-state index in [1.54, 1.807) is 0 Å². The van der Waals surface area contributed by atoms with Crippen molar-refractivity contribution in [2.24, 2.45) is 0 Å². The molecule has 2 bridgehead atoms. The van der Waals surface area contributed by atoms with Crippen LogP contribution in [-0.4, -0.2) is 30.6 Å². The molecule has 0 radical (unpaired) electrons. The van der Waals surface area contributed by atoms with Crippen molar-refractivity contribution in [1.82, 2.24) is 10.6 Å². The van der Waals surface area contributed by atoms with E-state index in [1.165, 1.54) is 12.8 Å². The predicted octanol–water partition coefficient (Wildman–Crippen LogP) is 2.65. The average Bonchev–Trinajstić information content (AvgIpc) is 2.76. The van der Waals surface area contributed by atoms with Crippen LogP contribution in [0.5, 0.6) is 5.75 Å². The molecule has 4 nitrogen and oxygen atoms in total. The number of carbonyl (C=O) groups is 1. The summed E-state index contributed by atoms with van der Waals surface area (Å²) < 4.78 is 6.45. The molecule has 3 rings (SSSR count). The van der Waals surface area contributed by atoms with E-state index in [0.717, 1.165) is 17.3 Å². The molecule has 1 aromatic rings. The molecule has 2 unspecified atom stereocenters. The van der Waals surface area contributed by atoms with Crippen LogP contribution in [0, 0.1) is 0 Å². The van der Waals surface area contributed by atoms with E-state index < -0.39 is 0 Å². The number of amides is 1. The third-order valence-electron chi connectivity index (χ3n) is 4.00. The van der Waals surface area contributed by atoms with Crippen LogP contribution in [0.1, 0.15) is 25.7 Å². The fourth-order valence-corrected chi connectivity index (χ4v) is 3.53. The lowest BCUT2D eigenvalue weighted by Crippen LogP contribution is -2.48. The molecule has 21 heavy (non-hydrogen) atoms. The summed E-state index contributed by atoms with van der Waals surface area (Å²) in [6, 6.07) is 9.00. The molecule has 2 saturated heterocycles. The van der Waals surface area contributed by atoms with Crippen molar-refractivity contribution in [2.45, 2.75) is 43.8 Å². The van der Waals surface area contributed by atoms with Gasteiger partial charge in [0.1, 0.15) is 5.75 Å². The van der Waals surface area contributed by atoms with Crippen LogP contribution in [0.4, 0.5) is 0 Å². The van der Waals surface area contributed by atoms with Crippen LogP contribution in [-0.2, 0) is 4.79 Å². The molecular formula is C15H20BrClN2O2. The second-order valence-electron chi connectivity index (χ2n) is 5.62. The van der Waals surface area contributed by atoms with Crippen LogP contribution in [0.15, 0.2) is 28.7 Å². The summed E-state index contributed by atoms with van der Waals surface area (Å²) >= 11 is 3.38. The highest BCUT2D eigenvalue weighted by atomic mass is 79.9. The Balaban J connectivity index is 0.00000161. The molecule has 116 valence electrons. The lowest BCUT2D eigenvalue weighted by molar-refractivity contribution is -0.124. The van der Waals surface area contributed by atoms with E-state index in [0.29, 0.717) is 23.9 Å². The maximum atomic E-state index is 11.9. The summed E-state index contributed by atoms with van der Waals surface area (Å²) in [7, 11) is 0. The van der Waals surface area contributed by atoms with Gasteiger partial charge in [-0.15, -0.1) is 12.4 Å². The normalized spacial score (nSPS) is 26.8. The third kappa shape index (κ3) is 4.59. The van der Waals surface area contributed by atoms with Crippen LogP contribution in [0.2, 0.25) is 0 Å². The fourth-order valence-electron chi connectivity index (χ4n) is 3.15. The van der Waals surface area contributed by atoms with E-state index in [9.17, 15) is 4.79 Å². The first-order chi connectivity index (χ1) is 9.69. The minimum atomic E-state index is -0.0312. The van der Waals surface area contributed by atoms with Crippen molar-refractivity contribution in [3.8, 4) is 5.75 Å². The van der Waals surface area contributed by atoms with Crippen LogP contribution in [0.3, 0.4) is 0 Å². The monoisotopic (exact) mass is 374 g/mol. The topological polar surface area (TPSA) is 50.4 Å². The van der Waals surface area contributed by atoms with Crippen molar-refractivity contribution < 1.29 is 9.53 Å². The summed E-state index contributed by atoms with van der Waals surface area (Å²) in [5, 5.41) is 6.66. The molecule has 2 fully saturated rings. The van der Waals surface area contributed by atoms with Gasteiger partial charge in [-0.3, -0.25) is 4.79 Å². The molecular weight excluding hydrogens is 356 g/mol. The number of hydrogen-bond donors (Lipinski definition) is 2. The highest BCUT2D eigenvalue weighted by Crippen LogP contribution is 2.26. The Hall–Kier alpha value is -0.780. The van der Waals surface area contributed by atoms with Crippen molar-refractivity contribution in [1.29, 1.82) is 0 Å². The summed E-state index contributed by atoms with van der Waals surface area (Å²) in [5.74, 6) is 0.677. The van der Waals surface area contributed by atoms with E-state index in [2.05, 4.69) is 26.6 Å². The molecule has 1 aromatic carbocycles. The maximum absolute atomic E-state index is 11.9. The number of hydrogen-bond acceptors (Lipinski definition) is 3. The summed E-state index contributed by atoms with van der Waals surface area (Å²) in [6.45, 7) is 0.0791. The Morgan fingerprint density at radius 2 is 2.05 bits per heavy atom. The van der Waals surface area contributed by atoms with Gasteiger partial charge in [-0.25, -0.2) is 0 Å². The van der Waals surface area contributed by atoms with E-state index >= 15 is 0 Å². The van der Waals surface area contributed by atoms with Crippen molar-refractivity contribution in [3.63, 3.8) is 0 Å². The average molecular weight is 376 g/mol. The van der Waals surface area contributed by atoms with Crippen LogP contribution >= 0.6 is 28.3 Å². The molecule has 6 heteroatoms. The third-order valence-corrected chi connectivity index (χ3v) is 4.50. The SMILES string of the molecule is Cl.O=C(COc1cccc(Br)c1)NC1CC2CCC(C1)N2. The van der Waals surface area contributed by atoms with Gasteiger partial charge in [0, 0.05) is 22.6 Å². The Morgan fingerprint density at radius 3 is 2.71 bits per heavy atom. The highest BCUT2D eigenvalue weighted by molar-refractivity contribution is 9.10. The Morgan fingerprint density at radius 1 is 1.33 bits per heavy atom. The van der Waals surface area contributed by atoms with Crippen molar-refractivity contribution in [2.75, 3.05) is 6.61 Å². The summed E-state index contributed by atoms with van der Waals surface area (Å²) in [6.07, 6.45) is 4.56. The van der Waals surface area contributed by atoms with Gasteiger partial charge in [0.05, 0.1) is 0 Å². The number of carbonyl (C=O) groups excluding carboxylic acids is 1. The fraction of sp³-hybridized carbons (Fsp3) is 0.533. The minimum absolute atomic E-state index is 0. The lowest BCUT2D eigenvalue weighted by Gasteiger charge is -2.29. The number of halogens is 2. The molecule has 2 aliphatic rings. The first-order valence-corrected chi connectivity index (χ1v) is 7.92. The van der Waals surface area contributed by atoms with Gasteiger partial charge in [0.15, 0.2) is 6.61 Å². The molecule has 2 N–H and O–H groups in total. The molecule has 2 heterocycles. The molecule has 0 aliphatic carbocycles. The number of fused-ring (bicyclic) bond motifs is 2. The summed E-state index contributed by atoms with van der Waals surface area (Å²) in [4.78, 5) is 11.9. The minimum Gasteiger partial charge on any atom is -0.484 e. The predicted molar refractivity (Wildman–Crippen MR) is 88.0 cm³/mol. The number of benzene rings is 1. The van der Waals surface area contributed by atoms with Gasteiger partial charge in [-0.1, -0.05) is 22.0 Å². The maximum Gasteiger partial charge on any atom is 0.258 e. The molecule has 1 amide bonds. The first kappa shape index (κ1) is 16.6. The van der Waals surface area contributed by atoms with Crippen molar-refractivity contribution in [3.05, 3.63) is 28.7 Å². The van der Waals surface area contributed by atoms with E-state index in [4.69, 9.17) is 4.74 Å². The molecule has 0 aromatic heterocycles. The lowest BCUT2D eigenvalue weighted by atomic mass is 10.00. The number of nitrogens with one attached hydrogen (secondary N) is 2. The van der Waals surface area contributed by atoms with Gasteiger partial charge in [0.25, 0.3) is 5.91 Å². The Labute approximate surface area is 139 Å². The van der Waals surface area contributed by atoms with Crippen LogP contribution in [0.25, 0.3) is 0 Å². The number of rotatable bonds is 4. The smallest absolute Gasteiger partial charge is 0.258 e. The van der Waals surface area contributed by atoms with Gasteiger partial charge in [-0.05, 0) is 43.9 Å². The standard InChI is InChI=1S/C15H19BrN2O2.ClH/c16-10-2-1-3-14(6-10)20-9-15(19)18-13-7-11-4-5-12(8-13)17-11;/h1-3,6,11-13,17H,4-5,7-9H2,(H,18,19);1H. The van der Waals surface area contributed by atoms with Gasteiger partial charge < -0.3 is 15.4 Å². The zero-order valence-electron chi connectivity index (χ0n) is 11.7. The largest absolute Gasteiger partial charge is 0.484 e.